The molecule has 0 aromatic carbocycles. The van der Waals surface area contributed by atoms with Crippen molar-refractivity contribution in [2.24, 2.45) is 0 Å². The van der Waals surface area contributed by atoms with Crippen molar-refractivity contribution >= 4 is 5.69 Å². The molecule has 0 fully saturated rings. The van der Waals surface area contributed by atoms with Gasteiger partial charge in [0.1, 0.15) is 0 Å². The molecular formula is C7H9N3O. The highest BCUT2D eigenvalue weighted by Gasteiger charge is 2.07. The largest absolute Gasteiger partial charge is 0.382 e. The summed E-state index contributed by atoms with van der Waals surface area (Å²) in [5.74, 6) is 0. The average Bonchev–Trinajstić information content (AvgIpc) is 2.04. The Labute approximate surface area is 63.7 Å². The average molecular weight is 151 g/mol. The number of H-pyrrole nitrogens is 1. The molecule has 4 heteroatoms. The van der Waals surface area contributed by atoms with Crippen LogP contribution in [0.1, 0.15) is 12.1 Å². The summed E-state index contributed by atoms with van der Waals surface area (Å²) in [6.45, 7) is 0.973. The Morgan fingerprint density at radius 3 is 3.36 bits per heavy atom. The lowest BCUT2D eigenvalue weighted by Gasteiger charge is -2.15. The standard InChI is InChI=1S/C7H9N3O/c11-7-9-4-6-5(10-7)2-1-3-8-6/h4,8H,1-3H2,(H,9,10,11). The van der Waals surface area contributed by atoms with Crippen molar-refractivity contribution in [2.75, 3.05) is 11.9 Å². The number of nitrogens with one attached hydrogen (secondary N) is 2. The Bertz CT molecular complexity index is 318. The van der Waals surface area contributed by atoms with E-state index < -0.39 is 0 Å². The van der Waals surface area contributed by atoms with Gasteiger partial charge in [0.05, 0.1) is 11.9 Å². The van der Waals surface area contributed by atoms with Gasteiger partial charge in [0.15, 0.2) is 0 Å². The van der Waals surface area contributed by atoms with Crippen molar-refractivity contribution in [1.82, 2.24) is 9.97 Å². The lowest BCUT2D eigenvalue weighted by molar-refractivity contribution is 0.785. The maximum absolute atomic E-state index is 10.7. The SMILES string of the molecule is O=c1ncc2c([nH]1)CCCN2. The van der Waals surface area contributed by atoms with E-state index in [-0.39, 0.29) is 5.69 Å². The third-order valence-corrected chi connectivity index (χ3v) is 1.81. The molecule has 2 heterocycles. The second-order valence-corrected chi connectivity index (χ2v) is 2.61. The van der Waals surface area contributed by atoms with E-state index in [0.717, 1.165) is 30.8 Å². The van der Waals surface area contributed by atoms with Gasteiger partial charge in [-0.3, -0.25) is 0 Å². The highest BCUT2D eigenvalue weighted by molar-refractivity contribution is 5.46. The smallest absolute Gasteiger partial charge is 0.345 e. The van der Waals surface area contributed by atoms with Gasteiger partial charge in [-0.1, -0.05) is 0 Å². The zero-order valence-corrected chi connectivity index (χ0v) is 6.05. The summed E-state index contributed by atoms with van der Waals surface area (Å²) in [7, 11) is 0. The molecule has 1 aliphatic rings. The number of hydrogen-bond acceptors (Lipinski definition) is 3. The first kappa shape index (κ1) is 6.39. The normalized spacial score (nSPS) is 15.3. The van der Waals surface area contributed by atoms with Crippen molar-refractivity contribution in [3.8, 4) is 0 Å². The highest BCUT2D eigenvalue weighted by Crippen LogP contribution is 2.15. The first-order chi connectivity index (χ1) is 5.36. The van der Waals surface area contributed by atoms with Gasteiger partial charge in [0.25, 0.3) is 0 Å². The molecule has 1 aromatic heterocycles. The molecule has 2 N–H and O–H groups in total. The van der Waals surface area contributed by atoms with Crippen molar-refractivity contribution in [2.45, 2.75) is 12.8 Å². The first-order valence-electron chi connectivity index (χ1n) is 3.68. The highest BCUT2D eigenvalue weighted by atomic mass is 16.1. The molecule has 0 saturated heterocycles. The van der Waals surface area contributed by atoms with Crippen molar-refractivity contribution in [1.29, 1.82) is 0 Å². The fraction of sp³-hybridized carbons (Fsp3) is 0.429. The van der Waals surface area contributed by atoms with Crippen LogP contribution in [0, 0.1) is 0 Å². The molecule has 0 unspecified atom stereocenters. The number of aromatic nitrogens is 2. The summed E-state index contributed by atoms with van der Waals surface area (Å²) in [5.41, 5.74) is 1.69. The Hall–Kier alpha value is -1.32. The number of nitrogens with zero attached hydrogens (tertiary/aromatic N) is 1. The Balaban J connectivity index is 2.51. The van der Waals surface area contributed by atoms with Crippen LogP contribution in [0.5, 0.6) is 0 Å². The molecular weight excluding hydrogens is 142 g/mol. The maximum Gasteiger partial charge on any atom is 0.345 e. The fourth-order valence-electron chi connectivity index (χ4n) is 1.27. The van der Waals surface area contributed by atoms with E-state index in [2.05, 4.69) is 15.3 Å². The van der Waals surface area contributed by atoms with Crippen LogP contribution in [0.15, 0.2) is 11.0 Å². The summed E-state index contributed by atoms with van der Waals surface area (Å²) >= 11 is 0. The number of fused-ring (bicyclic) bond motifs is 1. The topological polar surface area (TPSA) is 57.8 Å². The number of aromatic amines is 1. The van der Waals surface area contributed by atoms with Crippen LogP contribution < -0.4 is 11.0 Å². The molecule has 0 amide bonds. The summed E-state index contributed by atoms with van der Waals surface area (Å²) in [5, 5.41) is 3.16. The van der Waals surface area contributed by atoms with Gasteiger partial charge >= 0.3 is 5.69 Å². The van der Waals surface area contributed by atoms with E-state index >= 15 is 0 Å². The van der Waals surface area contributed by atoms with Crippen LogP contribution in [-0.4, -0.2) is 16.5 Å². The second-order valence-electron chi connectivity index (χ2n) is 2.61. The molecule has 2 rings (SSSR count). The zero-order valence-electron chi connectivity index (χ0n) is 6.05. The molecule has 0 spiro atoms. The van der Waals surface area contributed by atoms with E-state index in [0.29, 0.717) is 0 Å². The van der Waals surface area contributed by atoms with E-state index in [1.165, 1.54) is 0 Å². The Morgan fingerprint density at radius 2 is 2.45 bits per heavy atom. The summed E-state index contributed by atoms with van der Waals surface area (Å²) in [4.78, 5) is 17.1. The number of anilines is 1. The van der Waals surface area contributed by atoms with Crippen molar-refractivity contribution < 1.29 is 0 Å². The van der Waals surface area contributed by atoms with Crippen molar-refractivity contribution in [3.05, 3.63) is 22.4 Å². The van der Waals surface area contributed by atoms with Gasteiger partial charge in [-0.05, 0) is 12.8 Å². The summed E-state index contributed by atoms with van der Waals surface area (Å²) in [6, 6.07) is 0. The molecule has 0 radical (unpaired) electrons. The number of hydrogen-bond donors (Lipinski definition) is 2. The van der Waals surface area contributed by atoms with E-state index in [1.807, 2.05) is 0 Å². The number of aryl methyl sites for hydroxylation is 1. The monoisotopic (exact) mass is 151 g/mol. The van der Waals surface area contributed by atoms with Gasteiger partial charge < -0.3 is 10.3 Å². The van der Waals surface area contributed by atoms with Crippen LogP contribution in [0.25, 0.3) is 0 Å². The molecule has 0 aliphatic carbocycles. The Kier molecular flexibility index (Phi) is 1.38. The van der Waals surface area contributed by atoms with Crippen molar-refractivity contribution in [3.63, 3.8) is 0 Å². The van der Waals surface area contributed by atoms with Crippen LogP contribution in [0.2, 0.25) is 0 Å². The fourth-order valence-corrected chi connectivity index (χ4v) is 1.27. The first-order valence-corrected chi connectivity index (χ1v) is 3.68. The molecule has 58 valence electrons. The van der Waals surface area contributed by atoms with Crippen LogP contribution in [0.4, 0.5) is 5.69 Å². The number of rotatable bonds is 0. The molecule has 11 heavy (non-hydrogen) atoms. The molecule has 0 saturated carbocycles. The van der Waals surface area contributed by atoms with Crippen LogP contribution in [0.3, 0.4) is 0 Å². The minimum absolute atomic E-state index is 0.257. The van der Waals surface area contributed by atoms with E-state index in [9.17, 15) is 4.79 Å². The van der Waals surface area contributed by atoms with Gasteiger partial charge in [-0.25, -0.2) is 4.79 Å². The van der Waals surface area contributed by atoms with Gasteiger partial charge in [-0.2, -0.15) is 4.98 Å². The summed E-state index contributed by atoms with van der Waals surface area (Å²) in [6.07, 6.45) is 3.61. The predicted octanol–water partition coefficient (Wildman–Crippen LogP) is 0.128. The predicted molar refractivity (Wildman–Crippen MR) is 41.7 cm³/mol. The third-order valence-electron chi connectivity index (χ3n) is 1.81. The van der Waals surface area contributed by atoms with E-state index in [4.69, 9.17) is 0 Å². The minimum Gasteiger partial charge on any atom is -0.382 e. The van der Waals surface area contributed by atoms with Crippen LogP contribution >= 0.6 is 0 Å². The zero-order chi connectivity index (χ0) is 7.68. The second kappa shape index (κ2) is 2.38. The molecule has 1 aromatic rings. The molecule has 4 nitrogen and oxygen atoms in total. The lowest BCUT2D eigenvalue weighted by atomic mass is 10.1. The summed E-state index contributed by atoms with van der Waals surface area (Å²) < 4.78 is 0. The van der Waals surface area contributed by atoms with Gasteiger partial charge in [0.2, 0.25) is 0 Å². The van der Waals surface area contributed by atoms with Gasteiger partial charge in [0, 0.05) is 12.2 Å². The minimum atomic E-state index is -0.257. The maximum atomic E-state index is 10.7. The van der Waals surface area contributed by atoms with Gasteiger partial charge in [-0.15, -0.1) is 0 Å². The Morgan fingerprint density at radius 1 is 1.55 bits per heavy atom. The van der Waals surface area contributed by atoms with Crippen LogP contribution in [-0.2, 0) is 6.42 Å². The van der Waals surface area contributed by atoms with E-state index in [1.54, 1.807) is 6.20 Å². The third kappa shape index (κ3) is 1.11. The lowest BCUT2D eigenvalue weighted by Crippen LogP contribution is -2.19. The molecule has 0 bridgehead atoms. The molecule has 1 aliphatic heterocycles. The molecule has 0 atom stereocenters. The quantitative estimate of drug-likeness (QED) is 0.554.